The number of ether oxygens (including phenoxy) is 1. The smallest absolute Gasteiger partial charge is 0.119 e. The van der Waals surface area contributed by atoms with Crippen molar-refractivity contribution in [2.45, 2.75) is 65.3 Å². The first kappa shape index (κ1) is 17.3. The Kier molecular flexibility index (Phi) is 5.91. The molecule has 0 spiro atoms. The summed E-state index contributed by atoms with van der Waals surface area (Å²) in [6.45, 7) is 14.7. The second kappa shape index (κ2) is 7.50. The van der Waals surface area contributed by atoms with Gasteiger partial charge in [-0.3, -0.25) is 4.90 Å². The lowest BCUT2D eigenvalue weighted by Gasteiger charge is -2.35. The molecule has 0 bridgehead atoms. The number of piperidine rings is 1. The third-order valence-corrected chi connectivity index (χ3v) is 5.32. The van der Waals surface area contributed by atoms with Crippen LogP contribution in [-0.2, 0) is 5.41 Å². The summed E-state index contributed by atoms with van der Waals surface area (Å²) in [6.07, 6.45) is 3.85. The Balaban J connectivity index is 1.86. The molecule has 2 atom stereocenters. The monoisotopic (exact) mass is 303 g/mol. The maximum Gasteiger partial charge on any atom is 0.119 e. The van der Waals surface area contributed by atoms with E-state index in [1.54, 1.807) is 0 Å². The normalized spacial score (nSPS) is 21.6. The zero-order valence-corrected chi connectivity index (χ0v) is 15.1. The molecule has 2 unspecified atom stereocenters. The van der Waals surface area contributed by atoms with E-state index < -0.39 is 0 Å². The molecule has 0 radical (unpaired) electrons. The van der Waals surface area contributed by atoms with Crippen LogP contribution in [0.2, 0.25) is 0 Å². The van der Waals surface area contributed by atoms with Crippen molar-refractivity contribution < 1.29 is 4.74 Å². The first-order valence-corrected chi connectivity index (χ1v) is 8.89. The molecule has 1 aliphatic rings. The highest BCUT2D eigenvalue weighted by Gasteiger charge is 2.21. The van der Waals surface area contributed by atoms with E-state index in [9.17, 15) is 0 Å². The van der Waals surface area contributed by atoms with Crippen LogP contribution >= 0.6 is 0 Å². The molecule has 0 N–H and O–H groups in total. The van der Waals surface area contributed by atoms with Crippen LogP contribution < -0.4 is 4.74 Å². The Labute approximate surface area is 136 Å². The second-order valence-electron chi connectivity index (χ2n) is 7.66. The summed E-state index contributed by atoms with van der Waals surface area (Å²) in [4.78, 5) is 2.57. The Hall–Kier alpha value is -1.02. The van der Waals surface area contributed by atoms with Crippen molar-refractivity contribution in [2.75, 3.05) is 19.7 Å². The number of likely N-dealkylation sites (tertiary alicyclic amines) is 1. The zero-order chi connectivity index (χ0) is 16.2. The Bertz CT molecular complexity index is 451. The van der Waals surface area contributed by atoms with Gasteiger partial charge in [0.25, 0.3) is 0 Å². The van der Waals surface area contributed by atoms with Crippen molar-refractivity contribution in [3.63, 3.8) is 0 Å². The lowest BCUT2D eigenvalue weighted by molar-refractivity contribution is 0.102. The molecule has 1 saturated heterocycles. The summed E-state index contributed by atoms with van der Waals surface area (Å²) in [6, 6.07) is 9.17. The van der Waals surface area contributed by atoms with E-state index in [1.165, 1.54) is 31.5 Å². The highest BCUT2D eigenvalue weighted by atomic mass is 16.5. The van der Waals surface area contributed by atoms with Gasteiger partial charge in [-0.2, -0.15) is 0 Å². The third-order valence-electron chi connectivity index (χ3n) is 5.32. The van der Waals surface area contributed by atoms with E-state index in [1.807, 2.05) is 0 Å². The fourth-order valence-electron chi connectivity index (χ4n) is 3.15. The van der Waals surface area contributed by atoms with Gasteiger partial charge in [-0.1, -0.05) is 39.8 Å². The lowest BCUT2D eigenvalue weighted by Crippen LogP contribution is -2.43. The number of benzene rings is 1. The van der Waals surface area contributed by atoms with E-state index in [0.717, 1.165) is 24.7 Å². The summed E-state index contributed by atoms with van der Waals surface area (Å²) in [7, 11) is 0. The number of nitrogens with zero attached hydrogens (tertiary/aromatic N) is 1. The summed E-state index contributed by atoms with van der Waals surface area (Å²) in [5.41, 5.74) is 1.63. The van der Waals surface area contributed by atoms with Gasteiger partial charge in [-0.05, 0) is 61.8 Å². The predicted octanol–water partition coefficient (Wildman–Crippen LogP) is 4.87. The molecule has 0 saturated carbocycles. The van der Waals surface area contributed by atoms with Gasteiger partial charge in [-0.25, -0.2) is 0 Å². The van der Waals surface area contributed by atoms with Crippen LogP contribution in [-0.4, -0.2) is 30.6 Å². The topological polar surface area (TPSA) is 12.5 Å². The van der Waals surface area contributed by atoms with E-state index in [0.29, 0.717) is 6.04 Å². The number of hydrogen-bond donors (Lipinski definition) is 0. The van der Waals surface area contributed by atoms with Crippen LogP contribution in [0.15, 0.2) is 24.3 Å². The van der Waals surface area contributed by atoms with E-state index in [-0.39, 0.29) is 5.41 Å². The van der Waals surface area contributed by atoms with Gasteiger partial charge in [0, 0.05) is 12.6 Å². The van der Waals surface area contributed by atoms with Crippen molar-refractivity contribution in [3.05, 3.63) is 29.8 Å². The maximum atomic E-state index is 6.02. The minimum absolute atomic E-state index is 0.246. The molecule has 1 aromatic carbocycles. The molecule has 2 heteroatoms. The van der Waals surface area contributed by atoms with Crippen molar-refractivity contribution in [2.24, 2.45) is 5.92 Å². The van der Waals surface area contributed by atoms with Gasteiger partial charge in [0.2, 0.25) is 0 Å². The van der Waals surface area contributed by atoms with Crippen molar-refractivity contribution in [3.8, 4) is 5.75 Å². The standard InChI is InChI=1S/C20H33NO/c1-6-20(4,5)18-9-11-19(12-10-18)22-15-17(3)21-13-7-8-16(2)14-21/h9-12,16-17H,6-8,13-15H2,1-5H3. The third kappa shape index (κ3) is 4.49. The number of hydrogen-bond acceptors (Lipinski definition) is 2. The molecule has 1 aromatic rings. The van der Waals surface area contributed by atoms with Crippen LogP contribution in [0, 0.1) is 5.92 Å². The minimum atomic E-state index is 0.246. The van der Waals surface area contributed by atoms with Gasteiger partial charge in [0.15, 0.2) is 0 Å². The van der Waals surface area contributed by atoms with E-state index in [2.05, 4.69) is 63.8 Å². The van der Waals surface area contributed by atoms with Crippen LogP contribution in [0.1, 0.15) is 59.4 Å². The first-order chi connectivity index (χ1) is 10.4. The average Bonchev–Trinajstić information content (AvgIpc) is 2.53. The van der Waals surface area contributed by atoms with Gasteiger partial charge in [-0.15, -0.1) is 0 Å². The summed E-state index contributed by atoms with van der Waals surface area (Å²) in [5.74, 6) is 1.82. The predicted molar refractivity (Wildman–Crippen MR) is 94.7 cm³/mol. The van der Waals surface area contributed by atoms with Crippen LogP contribution in [0.3, 0.4) is 0 Å². The largest absolute Gasteiger partial charge is 0.492 e. The molecule has 124 valence electrons. The SMILES string of the molecule is CCC(C)(C)c1ccc(OCC(C)N2CCCC(C)C2)cc1. The van der Waals surface area contributed by atoms with Gasteiger partial charge in [0.05, 0.1) is 0 Å². The second-order valence-corrected chi connectivity index (χ2v) is 7.66. The first-order valence-electron chi connectivity index (χ1n) is 8.89. The molecule has 2 nitrogen and oxygen atoms in total. The van der Waals surface area contributed by atoms with Crippen LogP contribution in [0.5, 0.6) is 5.75 Å². The highest BCUT2D eigenvalue weighted by molar-refractivity contribution is 5.31. The maximum absolute atomic E-state index is 6.02. The average molecular weight is 303 g/mol. The molecular weight excluding hydrogens is 270 g/mol. The van der Waals surface area contributed by atoms with Gasteiger partial charge >= 0.3 is 0 Å². The number of rotatable bonds is 6. The van der Waals surface area contributed by atoms with Crippen LogP contribution in [0.25, 0.3) is 0 Å². The molecule has 1 aliphatic heterocycles. The Morgan fingerprint density at radius 3 is 2.55 bits per heavy atom. The van der Waals surface area contributed by atoms with Crippen molar-refractivity contribution in [1.29, 1.82) is 0 Å². The van der Waals surface area contributed by atoms with Gasteiger partial charge < -0.3 is 4.74 Å². The van der Waals surface area contributed by atoms with E-state index in [4.69, 9.17) is 4.74 Å². The lowest BCUT2D eigenvalue weighted by atomic mass is 9.82. The summed E-state index contributed by atoms with van der Waals surface area (Å²) in [5, 5.41) is 0. The molecule has 22 heavy (non-hydrogen) atoms. The molecule has 0 aliphatic carbocycles. The zero-order valence-electron chi connectivity index (χ0n) is 15.1. The van der Waals surface area contributed by atoms with Crippen molar-refractivity contribution >= 4 is 0 Å². The Morgan fingerprint density at radius 1 is 1.27 bits per heavy atom. The molecule has 0 aromatic heterocycles. The fraction of sp³-hybridized carbons (Fsp3) is 0.700. The fourth-order valence-corrected chi connectivity index (χ4v) is 3.15. The highest BCUT2D eigenvalue weighted by Crippen LogP contribution is 2.28. The van der Waals surface area contributed by atoms with E-state index >= 15 is 0 Å². The quantitative estimate of drug-likeness (QED) is 0.743. The van der Waals surface area contributed by atoms with Crippen molar-refractivity contribution in [1.82, 2.24) is 4.90 Å². The molecule has 1 heterocycles. The summed E-state index contributed by atoms with van der Waals surface area (Å²) >= 11 is 0. The summed E-state index contributed by atoms with van der Waals surface area (Å²) < 4.78 is 6.02. The molecule has 1 fully saturated rings. The Morgan fingerprint density at radius 2 is 1.95 bits per heavy atom. The minimum Gasteiger partial charge on any atom is -0.492 e. The molecular formula is C20H33NO. The molecule has 2 rings (SSSR count). The van der Waals surface area contributed by atoms with Gasteiger partial charge in [0.1, 0.15) is 12.4 Å². The molecule has 0 amide bonds. The van der Waals surface area contributed by atoms with Crippen LogP contribution in [0.4, 0.5) is 0 Å².